The van der Waals surface area contributed by atoms with E-state index in [9.17, 15) is 10.1 Å². The van der Waals surface area contributed by atoms with Gasteiger partial charge in [-0.3, -0.25) is 4.79 Å². The maximum Gasteiger partial charge on any atom is 0.254 e. The molecule has 1 saturated heterocycles. The van der Waals surface area contributed by atoms with Gasteiger partial charge in [-0.1, -0.05) is 71.9 Å². The lowest BCUT2D eigenvalue weighted by Crippen LogP contribution is -2.53. The van der Waals surface area contributed by atoms with Crippen molar-refractivity contribution in [3.63, 3.8) is 0 Å². The molecular formula is C24H40N2O3Si2. The predicted octanol–water partition coefficient (Wildman–Crippen LogP) is 5.70. The Balaban J connectivity index is 2.47. The molecule has 1 amide bonds. The zero-order valence-electron chi connectivity index (χ0n) is 20.9. The van der Waals surface area contributed by atoms with E-state index in [1.54, 1.807) is 4.90 Å². The molecule has 0 aliphatic carbocycles. The van der Waals surface area contributed by atoms with Gasteiger partial charge in [-0.2, -0.15) is 5.26 Å². The standard InChI is InChI=1S/C24H40N2O3Si2/c1-23(2,3)30(7,8)28-20-19(16-25)26(17-18-14-12-11-13-15-18)22(27)21(20)29-31(9,10)24(4,5)6/h11-15,19-21H,17H2,1-10H3/t19-,20-,21+/m0/s1. The number of amides is 1. The molecule has 1 fully saturated rings. The van der Waals surface area contributed by atoms with Gasteiger partial charge in [-0.15, -0.1) is 0 Å². The van der Waals surface area contributed by atoms with Crippen LogP contribution >= 0.6 is 0 Å². The van der Waals surface area contributed by atoms with Gasteiger partial charge < -0.3 is 13.8 Å². The van der Waals surface area contributed by atoms with Crippen LogP contribution in [0.15, 0.2) is 30.3 Å². The van der Waals surface area contributed by atoms with Crippen molar-refractivity contribution in [3.05, 3.63) is 35.9 Å². The van der Waals surface area contributed by atoms with Crippen molar-refractivity contribution in [2.75, 3.05) is 0 Å². The fraction of sp³-hybridized carbons (Fsp3) is 0.667. The van der Waals surface area contributed by atoms with E-state index in [-0.39, 0.29) is 16.0 Å². The average molecular weight is 461 g/mol. The van der Waals surface area contributed by atoms with Crippen molar-refractivity contribution in [1.82, 2.24) is 4.90 Å². The highest BCUT2D eigenvalue weighted by atomic mass is 28.4. The molecule has 3 atom stereocenters. The van der Waals surface area contributed by atoms with Crippen LogP contribution < -0.4 is 0 Å². The van der Waals surface area contributed by atoms with Gasteiger partial charge >= 0.3 is 0 Å². The van der Waals surface area contributed by atoms with Crippen LogP contribution in [0.3, 0.4) is 0 Å². The molecule has 5 nitrogen and oxygen atoms in total. The van der Waals surface area contributed by atoms with Crippen LogP contribution in [-0.2, 0) is 20.2 Å². The zero-order chi connectivity index (χ0) is 23.8. The van der Waals surface area contributed by atoms with Gasteiger partial charge in [0.15, 0.2) is 22.7 Å². The lowest BCUT2D eigenvalue weighted by molar-refractivity contribution is -0.135. The third-order valence-corrected chi connectivity index (χ3v) is 16.2. The summed E-state index contributed by atoms with van der Waals surface area (Å²) in [5, 5.41) is 10.0. The van der Waals surface area contributed by atoms with Crippen LogP contribution in [0.2, 0.25) is 36.3 Å². The van der Waals surface area contributed by atoms with E-state index in [0.29, 0.717) is 6.54 Å². The van der Waals surface area contributed by atoms with Crippen LogP contribution in [0.1, 0.15) is 47.1 Å². The summed E-state index contributed by atoms with van der Waals surface area (Å²) in [6, 6.07) is 11.5. The molecule has 2 rings (SSSR count). The van der Waals surface area contributed by atoms with E-state index in [1.807, 2.05) is 30.3 Å². The minimum atomic E-state index is -2.26. The first kappa shape index (κ1) is 25.8. The lowest BCUT2D eigenvalue weighted by atomic mass is 10.1. The first-order valence-corrected chi connectivity index (χ1v) is 16.9. The largest absolute Gasteiger partial charge is 0.408 e. The lowest BCUT2D eigenvalue weighted by Gasteiger charge is -2.42. The monoisotopic (exact) mass is 460 g/mol. The van der Waals surface area contributed by atoms with Crippen molar-refractivity contribution >= 4 is 22.5 Å². The first-order chi connectivity index (χ1) is 14.0. The molecule has 0 bridgehead atoms. The molecule has 1 aromatic carbocycles. The van der Waals surface area contributed by atoms with E-state index < -0.39 is 34.9 Å². The summed E-state index contributed by atoms with van der Waals surface area (Å²) in [5.74, 6) is -0.135. The third-order valence-electron chi connectivity index (χ3n) is 7.26. The topological polar surface area (TPSA) is 62.6 Å². The molecule has 1 aliphatic rings. The number of benzene rings is 1. The van der Waals surface area contributed by atoms with Crippen molar-refractivity contribution in [2.24, 2.45) is 0 Å². The first-order valence-electron chi connectivity index (χ1n) is 11.1. The van der Waals surface area contributed by atoms with E-state index >= 15 is 0 Å². The Morgan fingerprint density at radius 3 is 1.87 bits per heavy atom. The smallest absolute Gasteiger partial charge is 0.254 e. The molecule has 1 aromatic rings. The van der Waals surface area contributed by atoms with Gasteiger partial charge in [0, 0.05) is 6.54 Å². The molecule has 0 N–H and O–H groups in total. The van der Waals surface area contributed by atoms with Gasteiger partial charge in [0.05, 0.1) is 6.07 Å². The molecule has 1 aliphatic heterocycles. The number of likely N-dealkylation sites (tertiary alicyclic amines) is 1. The summed E-state index contributed by atoms with van der Waals surface area (Å²) in [7, 11) is -4.50. The molecule has 1 heterocycles. The number of carbonyl (C=O) groups is 1. The Labute approximate surface area is 191 Å². The summed E-state index contributed by atoms with van der Waals surface area (Å²) in [5.41, 5.74) is 0.996. The van der Waals surface area contributed by atoms with Crippen molar-refractivity contribution in [2.45, 2.75) is 103 Å². The second kappa shape index (κ2) is 8.82. The SMILES string of the molecule is CC(C)(C)[Si](C)(C)O[C@@H]1[C@@H](O[Si](C)(C)C(C)(C)C)C(=O)N(Cc2ccccc2)[C@H]1C#N. The van der Waals surface area contributed by atoms with Crippen LogP contribution in [0.4, 0.5) is 0 Å². The van der Waals surface area contributed by atoms with Gasteiger partial charge in [0.2, 0.25) is 0 Å². The zero-order valence-corrected chi connectivity index (χ0v) is 22.9. The molecule has 0 unspecified atom stereocenters. The molecule has 7 heteroatoms. The molecular weight excluding hydrogens is 420 g/mol. The maximum atomic E-state index is 13.6. The quantitative estimate of drug-likeness (QED) is 0.511. The summed E-state index contributed by atoms with van der Waals surface area (Å²) in [6.07, 6.45) is -1.33. The number of hydrogen-bond donors (Lipinski definition) is 0. The summed E-state index contributed by atoms with van der Waals surface area (Å²) in [6.45, 7) is 22.0. The Morgan fingerprint density at radius 1 is 0.935 bits per heavy atom. The molecule has 0 saturated carbocycles. The Kier molecular flexibility index (Phi) is 7.34. The van der Waals surface area contributed by atoms with E-state index in [4.69, 9.17) is 8.85 Å². The number of carbonyl (C=O) groups excluding carboxylic acids is 1. The van der Waals surface area contributed by atoms with Crippen molar-refractivity contribution in [3.8, 4) is 6.07 Å². The molecule has 172 valence electrons. The molecule has 0 aromatic heterocycles. The average Bonchev–Trinajstić information content (AvgIpc) is 2.85. The number of rotatable bonds is 6. The highest BCUT2D eigenvalue weighted by Crippen LogP contribution is 2.43. The van der Waals surface area contributed by atoms with Gasteiger partial charge in [0.25, 0.3) is 5.91 Å². The van der Waals surface area contributed by atoms with Crippen molar-refractivity contribution < 1.29 is 13.6 Å². The minimum absolute atomic E-state index is 0.0373. The second-order valence-corrected chi connectivity index (χ2v) is 21.2. The highest BCUT2D eigenvalue weighted by molar-refractivity contribution is 6.74. The summed E-state index contributed by atoms with van der Waals surface area (Å²) < 4.78 is 13.4. The van der Waals surface area contributed by atoms with Gasteiger partial charge in [0.1, 0.15) is 12.1 Å². The number of hydrogen-bond acceptors (Lipinski definition) is 4. The summed E-state index contributed by atoms with van der Waals surface area (Å²) in [4.78, 5) is 15.3. The van der Waals surface area contributed by atoms with Gasteiger partial charge in [-0.25, -0.2) is 0 Å². The van der Waals surface area contributed by atoms with E-state index in [0.717, 1.165) is 5.56 Å². The number of nitriles is 1. The molecule has 0 spiro atoms. The molecule has 0 radical (unpaired) electrons. The van der Waals surface area contributed by atoms with Crippen LogP contribution in [-0.4, -0.2) is 45.7 Å². The fourth-order valence-corrected chi connectivity index (χ4v) is 5.65. The minimum Gasteiger partial charge on any atom is -0.408 e. The normalized spacial score (nSPS) is 23.2. The maximum absolute atomic E-state index is 13.6. The Bertz CT molecular complexity index is 820. The van der Waals surface area contributed by atoms with Crippen LogP contribution in [0.25, 0.3) is 0 Å². The Hall–Kier alpha value is -1.47. The Morgan fingerprint density at radius 2 is 1.42 bits per heavy atom. The highest BCUT2D eigenvalue weighted by Gasteiger charge is 2.56. The van der Waals surface area contributed by atoms with E-state index in [2.05, 4.69) is 73.8 Å². The van der Waals surface area contributed by atoms with Crippen LogP contribution in [0.5, 0.6) is 0 Å². The number of nitrogens with zero attached hydrogens (tertiary/aromatic N) is 2. The predicted molar refractivity (Wildman–Crippen MR) is 131 cm³/mol. The van der Waals surface area contributed by atoms with Gasteiger partial charge in [-0.05, 0) is 41.8 Å². The second-order valence-electron chi connectivity index (χ2n) is 11.7. The molecule has 31 heavy (non-hydrogen) atoms. The fourth-order valence-electron chi connectivity index (χ4n) is 3.14. The third kappa shape index (κ3) is 5.48. The van der Waals surface area contributed by atoms with E-state index in [1.165, 1.54) is 0 Å². The summed E-state index contributed by atoms with van der Waals surface area (Å²) >= 11 is 0. The van der Waals surface area contributed by atoms with Crippen molar-refractivity contribution in [1.29, 1.82) is 5.26 Å². The van der Waals surface area contributed by atoms with Crippen LogP contribution in [0, 0.1) is 11.3 Å².